The van der Waals surface area contributed by atoms with Crippen molar-refractivity contribution in [1.82, 2.24) is 0 Å². The number of halogens is 1. The number of amidine groups is 1. The van der Waals surface area contributed by atoms with Crippen molar-refractivity contribution in [2.45, 2.75) is 6.92 Å². The first kappa shape index (κ1) is 17.5. The second-order valence-electron chi connectivity index (χ2n) is 5.73. The molecule has 3 rings (SSSR count). The number of aliphatic hydroxyl groups is 1. The average Bonchev–Trinajstić information content (AvgIpc) is 2.86. The Morgan fingerprint density at radius 3 is 2.50 bits per heavy atom. The van der Waals surface area contributed by atoms with Crippen molar-refractivity contribution in [2.75, 3.05) is 4.90 Å². The predicted octanol–water partition coefficient (Wildman–Crippen LogP) is 4.55. The molecule has 5 nitrogen and oxygen atoms in total. The van der Waals surface area contributed by atoms with Gasteiger partial charge in [-0.1, -0.05) is 53.6 Å². The number of allylic oxidation sites excluding steroid dienone is 1. The number of benzene rings is 2. The number of aliphatic hydroxyl groups excluding tert-OH is 1. The van der Waals surface area contributed by atoms with Gasteiger partial charge in [0.2, 0.25) is 0 Å². The Labute approximate surface area is 155 Å². The van der Waals surface area contributed by atoms with Crippen LogP contribution in [0.15, 0.2) is 71.6 Å². The zero-order valence-corrected chi connectivity index (χ0v) is 14.6. The molecule has 0 aromatic heterocycles. The van der Waals surface area contributed by atoms with E-state index in [0.717, 1.165) is 5.56 Å². The van der Waals surface area contributed by atoms with Crippen LogP contribution in [0.5, 0.6) is 0 Å². The number of nitrogens with zero attached hydrogens (tertiary/aromatic N) is 2. The number of aryl methyl sites for hydroxylation is 1. The van der Waals surface area contributed by atoms with E-state index in [4.69, 9.17) is 17.0 Å². The van der Waals surface area contributed by atoms with E-state index in [9.17, 15) is 15.2 Å². The van der Waals surface area contributed by atoms with Crippen LogP contribution in [0.4, 0.5) is 5.69 Å². The van der Waals surface area contributed by atoms with Crippen molar-refractivity contribution in [3.05, 3.63) is 87.8 Å². The van der Waals surface area contributed by atoms with E-state index in [1.54, 1.807) is 42.5 Å². The Balaban J connectivity index is 2.11. The number of nitriles is 1. The summed E-state index contributed by atoms with van der Waals surface area (Å²) in [6.45, 7) is 1.91. The van der Waals surface area contributed by atoms with Crippen LogP contribution >= 0.6 is 11.6 Å². The minimum Gasteiger partial charge on any atom is -0.504 e. The van der Waals surface area contributed by atoms with Crippen LogP contribution in [0, 0.1) is 23.7 Å². The largest absolute Gasteiger partial charge is 0.504 e. The molecule has 1 heterocycles. The molecule has 0 saturated carbocycles. The Morgan fingerprint density at radius 2 is 1.88 bits per heavy atom. The maximum atomic E-state index is 12.6. The van der Waals surface area contributed by atoms with Crippen molar-refractivity contribution < 1.29 is 9.90 Å². The van der Waals surface area contributed by atoms with Crippen LogP contribution in [-0.4, -0.2) is 16.7 Å². The fraction of sp³-hybridized carbons (Fsp3) is 0.0500. The van der Waals surface area contributed by atoms with Gasteiger partial charge in [-0.25, -0.2) is 0 Å². The number of carbonyl (C=O) groups excluding carboxylic acids is 1. The van der Waals surface area contributed by atoms with Gasteiger partial charge in [0.25, 0.3) is 0 Å². The molecule has 1 aliphatic rings. The molecular formula is C20H14ClN3O2. The Hall–Kier alpha value is -3.36. The molecule has 2 aromatic carbocycles. The van der Waals surface area contributed by atoms with E-state index in [1.807, 2.05) is 19.1 Å². The number of rotatable bonds is 3. The number of hydrogen-bond acceptors (Lipinski definition) is 4. The lowest BCUT2D eigenvalue weighted by Gasteiger charge is -2.21. The normalized spacial score (nSPS) is 15.5. The van der Waals surface area contributed by atoms with Crippen LogP contribution in [-0.2, 0) is 0 Å². The first-order valence-electron chi connectivity index (χ1n) is 7.74. The monoisotopic (exact) mass is 363 g/mol. The van der Waals surface area contributed by atoms with E-state index >= 15 is 0 Å². The second-order valence-corrected chi connectivity index (χ2v) is 6.14. The summed E-state index contributed by atoms with van der Waals surface area (Å²) in [5.41, 5.74) is 1.69. The first-order valence-corrected chi connectivity index (χ1v) is 8.12. The Morgan fingerprint density at radius 1 is 1.23 bits per heavy atom. The van der Waals surface area contributed by atoms with Crippen LogP contribution < -0.4 is 4.90 Å². The molecule has 128 valence electrons. The van der Waals surface area contributed by atoms with Gasteiger partial charge in [0.15, 0.2) is 17.4 Å². The molecule has 0 amide bonds. The highest BCUT2D eigenvalue weighted by Gasteiger charge is 2.35. The predicted molar refractivity (Wildman–Crippen MR) is 101 cm³/mol. The van der Waals surface area contributed by atoms with Crippen LogP contribution in [0.2, 0.25) is 5.02 Å². The molecule has 0 aliphatic carbocycles. The van der Waals surface area contributed by atoms with E-state index in [0.29, 0.717) is 16.3 Å². The first-order chi connectivity index (χ1) is 12.4. The molecular weight excluding hydrogens is 350 g/mol. The second kappa shape index (κ2) is 6.87. The summed E-state index contributed by atoms with van der Waals surface area (Å²) >= 11 is 6.21. The molecule has 0 bridgehead atoms. The zero-order valence-electron chi connectivity index (χ0n) is 13.8. The molecule has 1 aliphatic heterocycles. The molecule has 0 fully saturated rings. The molecule has 0 saturated heterocycles. The summed E-state index contributed by atoms with van der Waals surface area (Å²) < 4.78 is 0. The van der Waals surface area contributed by atoms with Gasteiger partial charge >= 0.3 is 0 Å². The van der Waals surface area contributed by atoms with Gasteiger partial charge in [-0.3, -0.25) is 15.1 Å². The maximum absolute atomic E-state index is 12.6. The van der Waals surface area contributed by atoms with Crippen molar-refractivity contribution in [3.63, 3.8) is 0 Å². The summed E-state index contributed by atoms with van der Waals surface area (Å²) in [6, 6.07) is 15.5. The van der Waals surface area contributed by atoms with E-state index < -0.39 is 5.76 Å². The lowest BCUT2D eigenvalue weighted by atomic mass is 10.1. The van der Waals surface area contributed by atoms with Crippen LogP contribution in [0.1, 0.15) is 15.9 Å². The SMILES string of the molecule is Cc1ccc(C(=O)/C=C2\C(O)=C(C#N)C(=N)N2c2ccccc2Cl)cc1. The quantitative estimate of drug-likeness (QED) is 0.618. The fourth-order valence-corrected chi connectivity index (χ4v) is 2.85. The van der Waals surface area contributed by atoms with Gasteiger partial charge in [-0.05, 0) is 19.1 Å². The fourth-order valence-electron chi connectivity index (χ4n) is 2.63. The molecule has 2 N–H and O–H groups in total. The summed E-state index contributed by atoms with van der Waals surface area (Å²) in [5.74, 6) is -1.01. The van der Waals surface area contributed by atoms with E-state index in [2.05, 4.69) is 0 Å². The summed E-state index contributed by atoms with van der Waals surface area (Å²) in [5, 5.41) is 28.2. The summed E-state index contributed by atoms with van der Waals surface area (Å²) in [6.07, 6.45) is 1.21. The molecule has 6 heteroatoms. The molecule has 0 radical (unpaired) electrons. The highest BCUT2D eigenvalue weighted by atomic mass is 35.5. The van der Waals surface area contributed by atoms with Crippen molar-refractivity contribution in [2.24, 2.45) is 0 Å². The number of ketones is 1. The van der Waals surface area contributed by atoms with Crippen LogP contribution in [0.3, 0.4) is 0 Å². The number of para-hydroxylation sites is 1. The van der Waals surface area contributed by atoms with Gasteiger partial charge in [0.1, 0.15) is 11.6 Å². The number of nitrogens with one attached hydrogen (secondary N) is 1. The standard InChI is InChI=1S/C20H14ClN3O2/c1-12-6-8-13(9-7-12)18(25)10-17-19(26)14(11-22)20(23)24(17)16-5-3-2-4-15(16)21/h2-10,23,26H,1H3/b17-10+,23-20?. The lowest BCUT2D eigenvalue weighted by Crippen LogP contribution is -2.25. The van der Waals surface area contributed by atoms with Crippen molar-refractivity contribution in [3.8, 4) is 6.07 Å². The number of anilines is 1. The van der Waals surface area contributed by atoms with Gasteiger partial charge in [0.05, 0.1) is 16.4 Å². The molecule has 0 spiro atoms. The van der Waals surface area contributed by atoms with Crippen molar-refractivity contribution >= 4 is 28.9 Å². The number of hydrogen-bond donors (Lipinski definition) is 2. The molecule has 2 aromatic rings. The smallest absolute Gasteiger partial charge is 0.188 e. The Bertz CT molecular complexity index is 1010. The van der Waals surface area contributed by atoms with Gasteiger partial charge in [0, 0.05) is 11.6 Å². The molecule has 0 atom stereocenters. The average molecular weight is 364 g/mol. The summed E-state index contributed by atoms with van der Waals surface area (Å²) in [4.78, 5) is 13.9. The van der Waals surface area contributed by atoms with E-state index in [-0.39, 0.29) is 22.9 Å². The molecule has 26 heavy (non-hydrogen) atoms. The highest BCUT2D eigenvalue weighted by Crippen LogP contribution is 2.36. The van der Waals surface area contributed by atoms with Gasteiger partial charge in [-0.15, -0.1) is 0 Å². The van der Waals surface area contributed by atoms with Gasteiger partial charge < -0.3 is 5.11 Å². The lowest BCUT2D eigenvalue weighted by molar-refractivity contribution is 0.104. The zero-order chi connectivity index (χ0) is 18.8. The Kier molecular flexibility index (Phi) is 4.61. The third kappa shape index (κ3) is 2.99. The highest BCUT2D eigenvalue weighted by molar-refractivity contribution is 6.34. The minimum absolute atomic E-state index is 0.0465. The van der Waals surface area contributed by atoms with E-state index in [1.165, 1.54) is 11.0 Å². The topological polar surface area (TPSA) is 88.2 Å². The summed E-state index contributed by atoms with van der Waals surface area (Å²) in [7, 11) is 0. The van der Waals surface area contributed by atoms with Gasteiger partial charge in [-0.2, -0.15) is 5.26 Å². The van der Waals surface area contributed by atoms with Crippen molar-refractivity contribution in [1.29, 1.82) is 10.7 Å². The third-order valence-corrected chi connectivity index (χ3v) is 4.31. The maximum Gasteiger partial charge on any atom is 0.188 e. The number of carbonyl (C=O) groups is 1. The molecule has 0 unspecified atom stereocenters. The third-order valence-electron chi connectivity index (χ3n) is 3.99. The van der Waals surface area contributed by atoms with Crippen LogP contribution in [0.25, 0.3) is 0 Å². The minimum atomic E-state index is -0.419.